The topological polar surface area (TPSA) is 67.4 Å². The first-order valence-electron chi connectivity index (χ1n) is 8.00. The lowest BCUT2D eigenvalue weighted by molar-refractivity contribution is -0.127. The normalized spacial score (nSPS) is 10.2. The highest BCUT2D eigenvalue weighted by Gasteiger charge is 2.06. The molecule has 2 rings (SSSR count). The molecule has 5 nitrogen and oxygen atoms in total. The van der Waals surface area contributed by atoms with E-state index < -0.39 is 0 Å². The van der Waals surface area contributed by atoms with Gasteiger partial charge in [-0.3, -0.25) is 20.4 Å². The van der Waals surface area contributed by atoms with Crippen molar-refractivity contribution in [3.05, 3.63) is 59.7 Å². The molecular weight excluding hydrogens is 336 g/mol. The van der Waals surface area contributed by atoms with Crippen molar-refractivity contribution in [1.82, 2.24) is 10.9 Å². The minimum absolute atomic E-state index is 0.166. The predicted molar refractivity (Wildman–Crippen MR) is 99.5 cm³/mol. The Labute approximate surface area is 152 Å². The Morgan fingerprint density at radius 3 is 2.36 bits per heavy atom. The minimum Gasteiger partial charge on any atom is -0.493 e. The van der Waals surface area contributed by atoms with E-state index >= 15 is 0 Å². The van der Waals surface area contributed by atoms with E-state index in [2.05, 4.69) is 10.9 Å². The summed E-state index contributed by atoms with van der Waals surface area (Å²) in [6.07, 6.45) is 0.166. The van der Waals surface area contributed by atoms with E-state index in [-0.39, 0.29) is 30.6 Å². The quantitative estimate of drug-likeness (QED) is 0.590. The van der Waals surface area contributed by atoms with E-state index in [0.717, 1.165) is 16.2 Å². The van der Waals surface area contributed by atoms with Gasteiger partial charge in [0.05, 0.1) is 18.8 Å². The van der Waals surface area contributed by atoms with E-state index in [1.54, 1.807) is 0 Å². The molecule has 0 aliphatic carbocycles. The second-order valence-electron chi connectivity index (χ2n) is 5.56. The highest BCUT2D eigenvalue weighted by atomic mass is 32.2. The van der Waals surface area contributed by atoms with Crippen LogP contribution < -0.4 is 15.6 Å². The number of rotatable bonds is 7. The van der Waals surface area contributed by atoms with Crippen LogP contribution >= 0.6 is 11.8 Å². The zero-order valence-corrected chi connectivity index (χ0v) is 15.2. The van der Waals surface area contributed by atoms with Crippen LogP contribution in [0.4, 0.5) is 0 Å². The fourth-order valence-electron chi connectivity index (χ4n) is 1.99. The molecule has 6 heteroatoms. The lowest BCUT2D eigenvalue weighted by Gasteiger charge is -2.10. The number of hydrogen-bond donors (Lipinski definition) is 2. The largest absolute Gasteiger partial charge is 0.493 e. The van der Waals surface area contributed by atoms with E-state index in [1.165, 1.54) is 17.3 Å². The number of carbonyl (C=O) groups excluding carboxylic acids is 2. The van der Waals surface area contributed by atoms with Crippen LogP contribution in [0, 0.1) is 13.8 Å². The average Bonchev–Trinajstić information content (AvgIpc) is 2.61. The molecule has 2 N–H and O–H groups in total. The summed E-state index contributed by atoms with van der Waals surface area (Å²) in [5.41, 5.74) is 7.00. The van der Waals surface area contributed by atoms with Gasteiger partial charge in [-0.25, -0.2) is 0 Å². The number of aryl methyl sites for hydroxylation is 2. The molecule has 0 aromatic heterocycles. The fourth-order valence-corrected chi connectivity index (χ4v) is 2.69. The maximum atomic E-state index is 11.7. The van der Waals surface area contributed by atoms with Gasteiger partial charge in [0.15, 0.2) is 0 Å². The number of benzene rings is 2. The standard InChI is InChI=1S/C19H22N2O3S/c1-14-7-9-16(10-8-14)25-13-19(23)21-20-18(22)11-12-24-17-6-4-3-5-15(17)2/h3-10H,11-13H2,1-2H3,(H,20,22)(H,21,23). The van der Waals surface area contributed by atoms with Crippen molar-refractivity contribution in [3.63, 3.8) is 0 Å². The van der Waals surface area contributed by atoms with Crippen LogP contribution in [0.25, 0.3) is 0 Å². The van der Waals surface area contributed by atoms with Gasteiger partial charge in [-0.15, -0.1) is 11.8 Å². The molecule has 0 atom stereocenters. The zero-order valence-electron chi connectivity index (χ0n) is 14.4. The number of para-hydroxylation sites is 1. The Morgan fingerprint density at radius 2 is 1.64 bits per heavy atom. The first-order valence-corrected chi connectivity index (χ1v) is 8.99. The van der Waals surface area contributed by atoms with Gasteiger partial charge in [0.2, 0.25) is 11.8 Å². The summed E-state index contributed by atoms with van der Waals surface area (Å²) in [6.45, 7) is 4.21. The predicted octanol–water partition coefficient (Wildman–Crippen LogP) is 3.01. The maximum absolute atomic E-state index is 11.7. The van der Waals surface area contributed by atoms with Crippen molar-refractivity contribution in [3.8, 4) is 5.75 Å². The summed E-state index contributed by atoms with van der Waals surface area (Å²) in [7, 11) is 0. The van der Waals surface area contributed by atoms with Gasteiger partial charge in [-0.05, 0) is 37.6 Å². The number of hydrazine groups is 1. The number of ether oxygens (including phenoxy) is 1. The van der Waals surface area contributed by atoms with Crippen LogP contribution in [0.1, 0.15) is 17.5 Å². The third-order valence-corrected chi connectivity index (χ3v) is 4.42. The van der Waals surface area contributed by atoms with Crippen LogP contribution in [0.15, 0.2) is 53.4 Å². The molecule has 2 aromatic carbocycles. The van der Waals surface area contributed by atoms with Gasteiger partial charge >= 0.3 is 0 Å². The van der Waals surface area contributed by atoms with Crippen LogP contribution in [0.3, 0.4) is 0 Å². The maximum Gasteiger partial charge on any atom is 0.248 e. The molecule has 0 unspecified atom stereocenters. The summed E-state index contributed by atoms with van der Waals surface area (Å²) < 4.78 is 5.55. The average molecular weight is 358 g/mol. The van der Waals surface area contributed by atoms with Crippen LogP contribution in [0.2, 0.25) is 0 Å². The summed E-state index contributed by atoms with van der Waals surface area (Å²) in [5.74, 6) is 0.457. The zero-order chi connectivity index (χ0) is 18.1. The minimum atomic E-state index is -0.290. The van der Waals surface area contributed by atoms with E-state index in [1.807, 2.05) is 62.4 Å². The molecule has 0 saturated heterocycles. The first kappa shape index (κ1) is 18.9. The number of thioether (sulfide) groups is 1. The van der Waals surface area contributed by atoms with Gasteiger partial charge in [0.25, 0.3) is 0 Å². The molecule has 2 aromatic rings. The SMILES string of the molecule is Cc1ccc(SCC(=O)NNC(=O)CCOc2ccccc2C)cc1. The number of amides is 2. The lowest BCUT2D eigenvalue weighted by Crippen LogP contribution is -2.42. The molecule has 2 amide bonds. The lowest BCUT2D eigenvalue weighted by atomic mass is 10.2. The van der Waals surface area contributed by atoms with Crippen molar-refractivity contribution >= 4 is 23.6 Å². The Balaban J connectivity index is 1.61. The molecule has 0 spiro atoms. The Morgan fingerprint density at radius 1 is 0.960 bits per heavy atom. The molecule has 0 aliphatic heterocycles. The molecule has 0 saturated carbocycles. The molecule has 0 fully saturated rings. The Kier molecular flexibility index (Phi) is 7.35. The second-order valence-corrected chi connectivity index (χ2v) is 6.61. The molecule has 0 radical (unpaired) electrons. The summed E-state index contributed by atoms with van der Waals surface area (Å²) in [5, 5.41) is 0. The highest BCUT2D eigenvalue weighted by Crippen LogP contribution is 2.18. The fraction of sp³-hybridized carbons (Fsp3) is 0.263. The number of nitrogens with one attached hydrogen (secondary N) is 2. The number of carbonyl (C=O) groups is 2. The molecule has 132 valence electrons. The van der Waals surface area contributed by atoms with Gasteiger partial charge in [0, 0.05) is 4.90 Å². The first-order chi connectivity index (χ1) is 12.0. The van der Waals surface area contributed by atoms with Crippen molar-refractivity contribution in [2.24, 2.45) is 0 Å². The Bertz CT molecular complexity index is 717. The monoisotopic (exact) mass is 358 g/mol. The van der Waals surface area contributed by atoms with Gasteiger partial charge in [0.1, 0.15) is 5.75 Å². The summed E-state index contributed by atoms with van der Waals surface area (Å²) in [6, 6.07) is 15.5. The summed E-state index contributed by atoms with van der Waals surface area (Å²) >= 11 is 1.42. The smallest absolute Gasteiger partial charge is 0.248 e. The van der Waals surface area contributed by atoms with Crippen LogP contribution in [0.5, 0.6) is 5.75 Å². The van der Waals surface area contributed by atoms with Gasteiger partial charge in [-0.1, -0.05) is 35.9 Å². The van der Waals surface area contributed by atoms with Crippen molar-refractivity contribution in [1.29, 1.82) is 0 Å². The van der Waals surface area contributed by atoms with E-state index in [0.29, 0.717) is 0 Å². The van der Waals surface area contributed by atoms with Crippen molar-refractivity contribution in [2.75, 3.05) is 12.4 Å². The number of hydrogen-bond acceptors (Lipinski definition) is 4. The second kappa shape index (κ2) is 9.74. The molecule has 0 aliphatic rings. The van der Waals surface area contributed by atoms with Crippen molar-refractivity contribution in [2.45, 2.75) is 25.2 Å². The van der Waals surface area contributed by atoms with Crippen molar-refractivity contribution < 1.29 is 14.3 Å². The summed E-state index contributed by atoms with van der Waals surface area (Å²) in [4.78, 5) is 24.5. The van der Waals surface area contributed by atoms with Gasteiger partial charge < -0.3 is 4.74 Å². The third-order valence-electron chi connectivity index (χ3n) is 3.41. The van der Waals surface area contributed by atoms with E-state index in [4.69, 9.17) is 4.74 Å². The molecule has 0 bridgehead atoms. The molecular formula is C19H22N2O3S. The molecule has 0 heterocycles. The van der Waals surface area contributed by atoms with Gasteiger partial charge in [-0.2, -0.15) is 0 Å². The van der Waals surface area contributed by atoms with E-state index in [9.17, 15) is 9.59 Å². The van der Waals surface area contributed by atoms with Crippen LogP contribution in [-0.2, 0) is 9.59 Å². The third kappa shape index (κ3) is 6.89. The highest BCUT2D eigenvalue weighted by molar-refractivity contribution is 8.00. The Hall–Kier alpha value is -2.47. The van der Waals surface area contributed by atoms with Crippen LogP contribution in [-0.4, -0.2) is 24.2 Å². The molecule has 25 heavy (non-hydrogen) atoms.